The van der Waals surface area contributed by atoms with Gasteiger partial charge in [0.15, 0.2) is 0 Å². The number of hydrogen-bond donors (Lipinski definition) is 0. The number of aromatic nitrogens is 2. The molecule has 0 spiro atoms. The molecule has 4 heteroatoms. The van der Waals surface area contributed by atoms with Gasteiger partial charge in [0.05, 0.1) is 23.7 Å². The molecule has 3 aromatic rings. The van der Waals surface area contributed by atoms with E-state index < -0.39 is 0 Å². The zero-order valence-corrected chi connectivity index (χ0v) is 10.3. The summed E-state index contributed by atoms with van der Waals surface area (Å²) in [5, 5.41) is 0. The Labute approximate surface area is 109 Å². The molecule has 2 heterocycles. The number of imidazole rings is 1. The normalized spacial score (nSPS) is 12.6. The van der Waals surface area contributed by atoms with Crippen LogP contribution in [0.3, 0.4) is 0 Å². The van der Waals surface area contributed by atoms with Crippen molar-refractivity contribution in [1.29, 1.82) is 0 Å². The van der Waals surface area contributed by atoms with E-state index in [2.05, 4.69) is 4.98 Å². The number of methoxy groups -OCH3 is 1. The third-order valence-corrected chi connectivity index (χ3v) is 3.46. The van der Waals surface area contributed by atoms with Crippen LogP contribution in [0.5, 0.6) is 5.75 Å². The molecule has 2 aromatic carbocycles. The van der Waals surface area contributed by atoms with E-state index in [1.807, 2.05) is 42.5 Å². The van der Waals surface area contributed by atoms with Crippen molar-refractivity contribution in [3.63, 3.8) is 0 Å². The van der Waals surface area contributed by atoms with Gasteiger partial charge in [-0.25, -0.2) is 4.98 Å². The van der Waals surface area contributed by atoms with Gasteiger partial charge >= 0.3 is 0 Å². The number of nitrogens with zero attached hydrogens (tertiary/aromatic N) is 2. The molecule has 0 saturated carbocycles. The first-order valence-corrected chi connectivity index (χ1v) is 6.00. The molecule has 0 atom stereocenters. The summed E-state index contributed by atoms with van der Waals surface area (Å²) >= 11 is 0. The zero-order chi connectivity index (χ0) is 13.0. The van der Waals surface area contributed by atoms with Gasteiger partial charge in [0.25, 0.3) is 5.91 Å². The van der Waals surface area contributed by atoms with E-state index in [1.54, 1.807) is 11.7 Å². The van der Waals surface area contributed by atoms with E-state index in [9.17, 15) is 4.79 Å². The largest absolute Gasteiger partial charge is 0.497 e. The Morgan fingerprint density at radius 3 is 2.68 bits per heavy atom. The fourth-order valence-corrected chi connectivity index (χ4v) is 2.56. The van der Waals surface area contributed by atoms with Crippen LogP contribution in [0.25, 0.3) is 22.4 Å². The maximum atomic E-state index is 12.4. The molecule has 0 radical (unpaired) electrons. The smallest absolute Gasteiger partial charge is 0.264 e. The second-order valence-corrected chi connectivity index (χ2v) is 4.48. The predicted molar refractivity (Wildman–Crippen MR) is 71.4 cm³/mol. The van der Waals surface area contributed by atoms with Crippen LogP contribution < -0.4 is 4.74 Å². The molecule has 4 nitrogen and oxygen atoms in total. The molecule has 19 heavy (non-hydrogen) atoms. The van der Waals surface area contributed by atoms with Crippen LogP contribution in [-0.2, 0) is 0 Å². The summed E-state index contributed by atoms with van der Waals surface area (Å²) in [5.74, 6) is 1.44. The minimum atomic E-state index is -0.0155. The van der Waals surface area contributed by atoms with Crippen LogP contribution in [0.4, 0.5) is 0 Å². The minimum absolute atomic E-state index is 0.0155. The fraction of sp³-hybridized carbons (Fsp3) is 0.0667. The van der Waals surface area contributed by atoms with Crippen molar-refractivity contribution in [1.82, 2.24) is 9.55 Å². The maximum Gasteiger partial charge on any atom is 0.264 e. The molecular formula is C15H10N2O2. The van der Waals surface area contributed by atoms with Gasteiger partial charge in [-0.05, 0) is 18.2 Å². The van der Waals surface area contributed by atoms with Crippen molar-refractivity contribution in [3.8, 4) is 17.1 Å². The summed E-state index contributed by atoms with van der Waals surface area (Å²) < 4.78 is 6.85. The highest BCUT2D eigenvalue weighted by atomic mass is 16.5. The number of carbonyl (C=O) groups is 1. The molecule has 0 bridgehead atoms. The number of benzene rings is 2. The first kappa shape index (κ1) is 10.3. The van der Waals surface area contributed by atoms with Crippen molar-refractivity contribution in [3.05, 3.63) is 48.0 Å². The fourth-order valence-electron chi connectivity index (χ4n) is 2.56. The van der Waals surface area contributed by atoms with Gasteiger partial charge in [-0.2, -0.15) is 0 Å². The van der Waals surface area contributed by atoms with Gasteiger partial charge in [0, 0.05) is 11.6 Å². The summed E-state index contributed by atoms with van der Waals surface area (Å²) in [7, 11) is 1.62. The highest BCUT2D eigenvalue weighted by Gasteiger charge is 2.29. The Morgan fingerprint density at radius 1 is 1.11 bits per heavy atom. The Bertz CT molecular complexity index is 833. The topological polar surface area (TPSA) is 44.1 Å². The molecular weight excluding hydrogens is 240 g/mol. The van der Waals surface area contributed by atoms with Crippen molar-refractivity contribution in [2.75, 3.05) is 7.11 Å². The molecule has 92 valence electrons. The molecule has 1 aliphatic rings. The molecule has 0 N–H and O–H groups in total. The molecule has 1 aliphatic heterocycles. The van der Waals surface area contributed by atoms with Crippen LogP contribution in [0.2, 0.25) is 0 Å². The lowest BCUT2D eigenvalue weighted by molar-refractivity contribution is 0.0973. The van der Waals surface area contributed by atoms with Crippen LogP contribution >= 0.6 is 0 Å². The Balaban J connectivity index is 2.08. The van der Waals surface area contributed by atoms with E-state index in [1.165, 1.54) is 0 Å². The van der Waals surface area contributed by atoms with Crippen molar-refractivity contribution in [2.24, 2.45) is 0 Å². The van der Waals surface area contributed by atoms with E-state index in [4.69, 9.17) is 4.74 Å². The first-order valence-electron chi connectivity index (χ1n) is 6.00. The Hall–Kier alpha value is -2.62. The lowest BCUT2D eigenvalue weighted by Crippen LogP contribution is -2.05. The third-order valence-electron chi connectivity index (χ3n) is 3.46. The van der Waals surface area contributed by atoms with Gasteiger partial charge in [0.1, 0.15) is 11.6 Å². The van der Waals surface area contributed by atoms with Crippen molar-refractivity contribution < 1.29 is 9.53 Å². The second-order valence-electron chi connectivity index (χ2n) is 4.48. The standard InChI is InChI=1S/C15H10N2O2/c1-19-9-6-7-13-12(8-9)16-14-10-4-2-3-5-11(10)15(18)17(13)14/h2-8H,1H3. The summed E-state index contributed by atoms with van der Waals surface area (Å²) in [4.78, 5) is 17.0. The van der Waals surface area contributed by atoms with Gasteiger partial charge in [-0.3, -0.25) is 9.36 Å². The molecule has 0 amide bonds. The molecule has 0 unspecified atom stereocenters. The van der Waals surface area contributed by atoms with Crippen LogP contribution in [0.15, 0.2) is 42.5 Å². The summed E-state index contributed by atoms with van der Waals surface area (Å²) in [6, 6.07) is 13.1. The maximum absolute atomic E-state index is 12.4. The van der Waals surface area contributed by atoms with Gasteiger partial charge < -0.3 is 4.74 Å². The second kappa shape index (κ2) is 3.45. The number of fused-ring (bicyclic) bond motifs is 5. The van der Waals surface area contributed by atoms with Gasteiger partial charge in [-0.15, -0.1) is 0 Å². The first-order chi connectivity index (χ1) is 9.29. The quantitative estimate of drug-likeness (QED) is 0.521. The zero-order valence-electron chi connectivity index (χ0n) is 10.3. The van der Waals surface area contributed by atoms with E-state index >= 15 is 0 Å². The van der Waals surface area contributed by atoms with Crippen LogP contribution in [0.1, 0.15) is 10.4 Å². The summed E-state index contributed by atoms with van der Waals surface area (Å²) in [5.41, 5.74) is 3.19. The lowest BCUT2D eigenvalue weighted by atomic mass is 10.1. The molecule has 0 fully saturated rings. The number of hydrogen-bond acceptors (Lipinski definition) is 3. The molecule has 0 aliphatic carbocycles. The van der Waals surface area contributed by atoms with Crippen LogP contribution in [-0.4, -0.2) is 22.6 Å². The van der Waals surface area contributed by atoms with Crippen molar-refractivity contribution >= 4 is 16.9 Å². The molecule has 1 aromatic heterocycles. The highest BCUT2D eigenvalue weighted by Crippen LogP contribution is 2.35. The Kier molecular flexibility index (Phi) is 1.87. The van der Waals surface area contributed by atoms with Gasteiger partial charge in [-0.1, -0.05) is 18.2 Å². The SMILES string of the molecule is COc1ccc2c(c1)nc1n2C(=O)c2ccccc2-1. The third kappa shape index (κ3) is 1.23. The average Bonchev–Trinajstić information content (AvgIpc) is 2.95. The number of rotatable bonds is 1. The Morgan fingerprint density at radius 2 is 1.89 bits per heavy atom. The molecule has 0 saturated heterocycles. The van der Waals surface area contributed by atoms with E-state index in [0.717, 1.165) is 22.3 Å². The van der Waals surface area contributed by atoms with E-state index in [0.29, 0.717) is 11.4 Å². The number of carbonyl (C=O) groups excluding carboxylic acids is 1. The lowest BCUT2D eigenvalue weighted by Gasteiger charge is -2.00. The van der Waals surface area contributed by atoms with E-state index in [-0.39, 0.29) is 5.91 Å². The number of ether oxygens (including phenoxy) is 1. The van der Waals surface area contributed by atoms with Crippen molar-refractivity contribution in [2.45, 2.75) is 0 Å². The van der Waals surface area contributed by atoms with Gasteiger partial charge in [0.2, 0.25) is 0 Å². The highest BCUT2D eigenvalue weighted by molar-refractivity contribution is 6.12. The molecule has 4 rings (SSSR count). The average molecular weight is 250 g/mol. The summed E-state index contributed by atoms with van der Waals surface area (Å²) in [6.07, 6.45) is 0. The minimum Gasteiger partial charge on any atom is -0.497 e. The predicted octanol–water partition coefficient (Wildman–Crippen LogP) is 2.71. The van der Waals surface area contributed by atoms with Crippen LogP contribution in [0, 0.1) is 0 Å². The monoisotopic (exact) mass is 250 g/mol. The summed E-state index contributed by atoms with van der Waals surface area (Å²) in [6.45, 7) is 0.